The fourth-order valence-electron chi connectivity index (χ4n) is 1.82. The van der Waals surface area contributed by atoms with Crippen molar-refractivity contribution in [3.63, 3.8) is 0 Å². The van der Waals surface area contributed by atoms with Crippen LogP contribution in [0.1, 0.15) is 6.42 Å². The monoisotopic (exact) mass is 247 g/mol. The first-order valence-corrected chi connectivity index (χ1v) is 5.26. The van der Waals surface area contributed by atoms with E-state index in [1.54, 1.807) is 0 Å². The maximum atomic E-state index is 11.8. The first-order chi connectivity index (χ1) is 8.66. The molecule has 9 nitrogen and oxygen atoms in total. The topological polar surface area (TPSA) is 105 Å². The molecule has 1 N–H and O–H groups in total. The lowest BCUT2D eigenvalue weighted by molar-refractivity contribution is -0.136. The van der Waals surface area contributed by atoms with Gasteiger partial charge in [0.2, 0.25) is 5.91 Å². The number of amides is 2. The highest BCUT2D eigenvalue weighted by atomic mass is 16.2. The Balaban J connectivity index is 1.91. The summed E-state index contributed by atoms with van der Waals surface area (Å²) < 4.78 is 1.42. The van der Waals surface area contributed by atoms with Gasteiger partial charge >= 0.3 is 0 Å². The van der Waals surface area contributed by atoms with Crippen LogP contribution in [-0.4, -0.2) is 54.8 Å². The van der Waals surface area contributed by atoms with Gasteiger partial charge in [-0.25, -0.2) is 0 Å². The predicted octanol–water partition coefficient (Wildman–Crippen LogP) is -1.31. The number of hydrogen-bond donors (Lipinski definition) is 1. The fraction of sp³-hybridized carbons (Fsp3) is 0.333. The molecule has 0 aliphatic carbocycles. The molecule has 2 aromatic rings. The molecule has 18 heavy (non-hydrogen) atoms. The Hall–Kier alpha value is -2.58. The molecule has 1 saturated heterocycles. The number of nitrogens with zero attached hydrogens (tertiary/aromatic N) is 6. The number of anilines is 1. The molecule has 0 spiro atoms. The molecule has 9 heteroatoms. The zero-order valence-electron chi connectivity index (χ0n) is 9.44. The lowest BCUT2D eigenvalue weighted by Gasteiger charge is -2.12. The van der Waals surface area contributed by atoms with E-state index < -0.39 is 6.04 Å². The zero-order chi connectivity index (χ0) is 12.7. The highest BCUT2D eigenvalue weighted by Gasteiger charge is 2.36. The van der Waals surface area contributed by atoms with Gasteiger partial charge in [0.15, 0.2) is 11.5 Å². The van der Waals surface area contributed by atoms with Crippen LogP contribution in [0.5, 0.6) is 0 Å². The van der Waals surface area contributed by atoms with E-state index in [0.29, 0.717) is 11.5 Å². The first-order valence-electron chi connectivity index (χ1n) is 5.26. The highest BCUT2D eigenvalue weighted by Crippen LogP contribution is 2.16. The summed E-state index contributed by atoms with van der Waals surface area (Å²) in [7, 11) is 1.46. The minimum atomic E-state index is -0.598. The molecule has 1 fully saturated rings. The van der Waals surface area contributed by atoms with Crippen molar-refractivity contribution in [2.45, 2.75) is 12.5 Å². The van der Waals surface area contributed by atoms with Crippen LogP contribution in [0.3, 0.4) is 0 Å². The van der Waals surface area contributed by atoms with E-state index in [2.05, 4.69) is 25.8 Å². The van der Waals surface area contributed by atoms with Gasteiger partial charge in [-0.2, -0.15) is 4.52 Å². The van der Waals surface area contributed by atoms with Gasteiger partial charge in [0.1, 0.15) is 6.04 Å². The number of nitrogens with one attached hydrogen (secondary N) is 1. The third-order valence-electron chi connectivity index (χ3n) is 2.81. The zero-order valence-corrected chi connectivity index (χ0v) is 9.44. The second-order valence-corrected chi connectivity index (χ2v) is 3.93. The molecule has 2 aromatic heterocycles. The molecule has 92 valence electrons. The average molecular weight is 247 g/mol. The third kappa shape index (κ3) is 1.48. The van der Waals surface area contributed by atoms with Crippen molar-refractivity contribution in [3.05, 3.63) is 12.4 Å². The lowest BCUT2D eigenvalue weighted by atomic mass is 10.2. The Kier molecular flexibility index (Phi) is 2.18. The molecule has 1 atom stereocenters. The van der Waals surface area contributed by atoms with Crippen LogP contribution in [0.25, 0.3) is 5.65 Å². The van der Waals surface area contributed by atoms with Crippen LogP contribution < -0.4 is 5.32 Å². The molecular formula is C9H9N7O2. The van der Waals surface area contributed by atoms with Gasteiger partial charge in [-0.15, -0.1) is 5.10 Å². The van der Waals surface area contributed by atoms with Crippen LogP contribution >= 0.6 is 0 Å². The Morgan fingerprint density at radius 1 is 1.39 bits per heavy atom. The summed E-state index contributed by atoms with van der Waals surface area (Å²) in [6, 6.07) is -0.598. The largest absolute Gasteiger partial charge is 0.356 e. The van der Waals surface area contributed by atoms with Crippen molar-refractivity contribution >= 4 is 23.3 Å². The minimum Gasteiger partial charge on any atom is -0.356 e. The van der Waals surface area contributed by atoms with E-state index in [9.17, 15) is 9.59 Å². The number of aromatic nitrogens is 5. The highest BCUT2D eigenvalue weighted by molar-refractivity contribution is 6.06. The molecule has 3 rings (SSSR count). The van der Waals surface area contributed by atoms with Crippen molar-refractivity contribution in [2.75, 3.05) is 12.4 Å². The normalized spacial score (nSPS) is 19.8. The summed E-state index contributed by atoms with van der Waals surface area (Å²) in [4.78, 5) is 28.2. The third-order valence-corrected chi connectivity index (χ3v) is 2.81. The average Bonchev–Trinajstić information content (AvgIpc) is 2.92. The molecule has 0 aromatic carbocycles. The van der Waals surface area contributed by atoms with Gasteiger partial charge < -0.3 is 5.32 Å². The number of tetrazole rings is 1. The summed E-state index contributed by atoms with van der Waals surface area (Å²) in [5, 5.41) is 13.9. The second kappa shape index (κ2) is 3.72. The smallest absolute Gasteiger partial charge is 0.251 e. The number of carbonyl (C=O) groups excluding carboxylic acids is 2. The molecule has 2 amide bonds. The van der Waals surface area contributed by atoms with Gasteiger partial charge in [-0.1, -0.05) is 0 Å². The molecule has 1 aliphatic rings. The maximum absolute atomic E-state index is 11.8. The van der Waals surface area contributed by atoms with E-state index in [-0.39, 0.29) is 18.2 Å². The molecule has 3 heterocycles. The summed E-state index contributed by atoms with van der Waals surface area (Å²) in [6.07, 6.45) is 3.12. The van der Waals surface area contributed by atoms with Crippen molar-refractivity contribution in [1.82, 2.24) is 29.9 Å². The molecule has 1 aliphatic heterocycles. The van der Waals surface area contributed by atoms with Crippen LogP contribution in [0, 0.1) is 0 Å². The molecule has 0 radical (unpaired) electrons. The Bertz CT molecular complexity index is 637. The van der Waals surface area contributed by atoms with Crippen LogP contribution in [0.4, 0.5) is 5.82 Å². The van der Waals surface area contributed by atoms with E-state index in [0.717, 1.165) is 4.90 Å². The number of hydrogen-bond acceptors (Lipinski definition) is 7. The number of likely N-dealkylation sites (N-methyl/N-ethyl adjacent to an activating group) is 1. The van der Waals surface area contributed by atoms with Gasteiger partial charge in [-0.3, -0.25) is 19.5 Å². The summed E-state index contributed by atoms with van der Waals surface area (Å²) in [5.74, 6) is -0.0154. The Morgan fingerprint density at radius 3 is 2.94 bits per heavy atom. The van der Waals surface area contributed by atoms with Gasteiger partial charge in [0.25, 0.3) is 5.91 Å². The molecule has 0 saturated carbocycles. The predicted molar refractivity (Wildman–Crippen MR) is 58.4 cm³/mol. The first kappa shape index (κ1) is 10.6. The van der Waals surface area contributed by atoms with Crippen molar-refractivity contribution in [2.24, 2.45) is 0 Å². The number of likely N-dealkylation sites (tertiary alicyclic amines) is 1. The number of fused-ring (bicyclic) bond motifs is 1. The van der Waals surface area contributed by atoms with E-state index in [1.807, 2.05) is 0 Å². The Morgan fingerprint density at radius 2 is 2.22 bits per heavy atom. The van der Waals surface area contributed by atoms with Gasteiger partial charge in [-0.05, 0) is 10.4 Å². The number of imide groups is 1. The van der Waals surface area contributed by atoms with Gasteiger partial charge in [0.05, 0.1) is 18.8 Å². The molecule has 0 bridgehead atoms. The van der Waals surface area contributed by atoms with Gasteiger partial charge in [0, 0.05) is 7.05 Å². The quantitative estimate of drug-likeness (QED) is 0.656. The minimum absolute atomic E-state index is 0.119. The van der Waals surface area contributed by atoms with Crippen LogP contribution in [-0.2, 0) is 9.59 Å². The SMILES string of the molecule is CN1C(=O)CC(Nc2cncc3nnnn23)C1=O. The van der Waals surface area contributed by atoms with E-state index in [1.165, 1.54) is 24.0 Å². The van der Waals surface area contributed by atoms with Crippen LogP contribution in [0.15, 0.2) is 12.4 Å². The van der Waals surface area contributed by atoms with Crippen molar-refractivity contribution in [3.8, 4) is 0 Å². The molecular weight excluding hydrogens is 238 g/mol. The maximum Gasteiger partial charge on any atom is 0.251 e. The molecule has 1 unspecified atom stereocenters. The second-order valence-electron chi connectivity index (χ2n) is 3.93. The Labute approximate surface area is 101 Å². The van der Waals surface area contributed by atoms with E-state index >= 15 is 0 Å². The summed E-state index contributed by atoms with van der Waals surface area (Å²) >= 11 is 0. The van der Waals surface area contributed by atoms with Crippen molar-refractivity contribution in [1.29, 1.82) is 0 Å². The number of rotatable bonds is 2. The lowest BCUT2D eigenvalue weighted by Crippen LogP contribution is -2.32. The van der Waals surface area contributed by atoms with Crippen molar-refractivity contribution < 1.29 is 9.59 Å². The summed E-state index contributed by atoms with van der Waals surface area (Å²) in [5.41, 5.74) is 0.463. The standard InChI is InChI=1S/C9H9N7O2/c1-15-8(17)2-5(9(15)18)11-6-3-10-4-7-12-13-14-16(6)7/h3-5,11H,2H2,1H3. The fourth-order valence-corrected chi connectivity index (χ4v) is 1.82. The van der Waals surface area contributed by atoms with Crippen LogP contribution in [0.2, 0.25) is 0 Å². The number of carbonyl (C=O) groups is 2. The summed E-state index contributed by atoms with van der Waals surface area (Å²) in [6.45, 7) is 0. The van der Waals surface area contributed by atoms with E-state index in [4.69, 9.17) is 0 Å².